The molecular formula is C23H23N3O4. The summed E-state index contributed by atoms with van der Waals surface area (Å²) in [7, 11) is 0. The van der Waals surface area contributed by atoms with E-state index >= 15 is 0 Å². The smallest absolute Gasteiger partial charge is 0.257 e. The first kappa shape index (κ1) is 19.8. The van der Waals surface area contributed by atoms with E-state index in [1.165, 1.54) is 11.8 Å². The summed E-state index contributed by atoms with van der Waals surface area (Å²) in [5, 5.41) is 0. The Labute approximate surface area is 174 Å². The standard InChI is InChI=1S/C23H23N3O4/c1-14(27)26(23(2,3)4)18-13-20(28)25(22(18)29)16-11-9-15(10-12-16)21-24-17-7-5-6-8-19(17)30-21/h5-12,18H,13H2,1-4H3. The first-order chi connectivity index (χ1) is 14.2. The van der Waals surface area contributed by atoms with Crippen LogP contribution in [-0.2, 0) is 14.4 Å². The van der Waals surface area contributed by atoms with E-state index in [-0.39, 0.29) is 24.1 Å². The molecule has 3 amide bonds. The molecule has 0 aliphatic carbocycles. The Kier molecular flexibility index (Phi) is 4.68. The van der Waals surface area contributed by atoms with Crippen LogP contribution >= 0.6 is 0 Å². The lowest BCUT2D eigenvalue weighted by atomic mass is 10.0. The molecule has 3 aromatic rings. The fourth-order valence-corrected chi connectivity index (χ4v) is 4.00. The number of rotatable bonds is 3. The predicted octanol–water partition coefficient (Wildman–Crippen LogP) is 3.77. The predicted molar refractivity (Wildman–Crippen MR) is 113 cm³/mol. The molecule has 0 saturated carbocycles. The van der Waals surface area contributed by atoms with Gasteiger partial charge in [-0.3, -0.25) is 14.4 Å². The Morgan fingerprint density at radius 2 is 1.77 bits per heavy atom. The Morgan fingerprint density at radius 3 is 2.37 bits per heavy atom. The quantitative estimate of drug-likeness (QED) is 0.620. The molecule has 0 N–H and O–H groups in total. The first-order valence-corrected chi connectivity index (χ1v) is 9.79. The second-order valence-electron chi connectivity index (χ2n) is 8.38. The summed E-state index contributed by atoms with van der Waals surface area (Å²) < 4.78 is 5.77. The van der Waals surface area contributed by atoms with Gasteiger partial charge >= 0.3 is 0 Å². The number of fused-ring (bicyclic) bond motifs is 1. The monoisotopic (exact) mass is 405 g/mol. The normalized spacial score (nSPS) is 17.1. The number of nitrogens with zero attached hydrogens (tertiary/aromatic N) is 3. The van der Waals surface area contributed by atoms with Crippen LogP contribution in [0.15, 0.2) is 52.9 Å². The zero-order chi connectivity index (χ0) is 21.6. The van der Waals surface area contributed by atoms with Crippen molar-refractivity contribution in [2.75, 3.05) is 4.90 Å². The van der Waals surface area contributed by atoms with E-state index in [0.29, 0.717) is 17.2 Å². The van der Waals surface area contributed by atoms with Crippen LogP contribution in [0.25, 0.3) is 22.6 Å². The van der Waals surface area contributed by atoms with E-state index in [1.54, 1.807) is 24.3 Å². The second-order valence-corrected chi connectivity index (χ2v) is 8.38. The highest BCUT2D eigenvalue weighted by Gasteiger charge is 2.46. The summed E-state index contributed by atoms with van der Waals surface area (Å²) in [5.41, 5.74) is 2.08. The van der Waals surface area contributed by atoms with Crippen LogP contribution in [0.3, 0.4) is 0 Å². The molecule has 2 aromatic carbocycles. The maximum Gasteiger partial charge on any atom is 0.257 e. The van der Waals surface area contributed by atoms with Gasteiger partial charge in [-0.05, 0) is 57.2 Å². The van der Waals surface area contributed by atoms with Gasteiger partial charge < -0.3 is 9.32 Å². The van der Waals surface area contributed by atoms with E-state index in [0.717, 1.165) is 16.0 Å². The maximum atomic E-state index is 13.1. The van der Waals surface area contributed by atoms with Gasteiger partial charge in [0.15, 0.2) is 5.58 Å². The number of imide groups is 1. The minimum atomic E-state index is -0.799. The molecule has 0 bridgehead atoms. The van der Waals surface area contributed by atoms with Gasteiger partial charge in [0, 0.05) is 18.0 Å². The molecule has 1 aliphatic heterocycles. The van der Waals surface area contributed by atoms with E-state index in [4.69, 9.17) is 4.42 Å². The lowest BCUT2D eigenvalue weighted by Gasteiger charge is -2.38. The molecule has 0 spiro atoms. The number of aromatic nitrogens is 1. The Morgan fingerprint density at radius 1 is 1.10 bits per heavy atom. The van der Waals surface area contributed by atoms with Gasteiger partial charge in [-0.1, -0.05) is 12.1 Å². The lowest BCUT2D eigenvalue weighted by molar-refractivity contribution is -0.142. The molecule has 4 rings (SSSR count). The third kappa shape index (κ3) is 3.36. The Balaban J connectivity index is 1.62. The van der Waals surface area contributed by atoms with Crippen LogP contribution in [-0.4, -0.2) is 39.2 Å². The average Bonchev–Trinajstić information content (AvgIpc) is 3.22. The fourth-order valence-electron chi connectivity index (χ4n) is 4.00. The summed E-state index contributed by atoms with van der Waals surface area (Å²) in [6, 6.07) is 13.6. The number of anilines is 1. The Bertz CT molecular complexity index is 1110. The van der Waals surface area contributed by atoms with Crippen molar-refractivity contribution in [3.05, 3.63) is 48.5 Å². The molecule has 1 fully saturated rings. The summed E-state index contributed by atoms with van der Waals surface area (Å²) in [6.45, 7) is 6.97. The van der Waals surface area contributed by atoms with Gasteiger partial charge in [0.05, 0.1) is 12.1 Å². The van der Waals surface area contributed by atoms with Crippen molar-refractivity contribution in [3.63, 3.8) is 0 Å². The van der Waals surface area contributed by atoms with Crippen LogP contribution < -0.4 is 4.90 Å². The zero-order valence-corrected chi connectivity index (χ0v) is 17.4. The van der Waals surface area contributed by atoms with E-state index < -0.39 is 11.6 Å². The van der Waals surface area contributed by atoms with Crippen molar-refractivity contribution >= 4 is 34.5 Å². The molecule has 0 radical (unpaired) electrons. The molecule has 1 aromatic heterocycles. The highest BCUT2D eigenvalue weighted by Crippen LogP contribution is 2.31. The fraction of sp³-hybridized carbons (Fsp3) is 0.304. The van der Waals surface area contributed by atoms with Gasteiger partial charge in [0.1, 0.15) is 11.6 Å². The molecule has 1 aliphatic rings. The maximum absolute atomic E-state index is 13.1. The van der Waals surface area contributed by atoms with Crippen LogP contribution in [0.1, 0.15) is 34.1 Å². The number of hydrogen-bond acceptors (Lipinski definition) is 5. The van der Waals surface area contributed by atoms with Crippen LogP contribution in [0.4, 0.5) is 5.69 Å². The molecule has 7 heteroatoms. The summed E-state index contributed by atoms with van der Waals surface area (Å²) in [6.07, 6.45) is -0.0252. The molecule has 154 valence electrons. The largest absolute Gasteiger partial charge is 0.436 e. The molecule has 2 heterocycles. The van der Waals surface area contributed by atoms with E-state index in [2.05, 4.69) is 4.98 Å². The van der Waals surface area contributed by atoms with Crippen LogP contribution in [0.5, 0.6) is 0 Å². The number of benzene rings is 2. The third-order valence-electron chi connectivity index (χ3n) is 5.16. The van der Waals surface area contributed by atoms with Gasteiger partial charge in [-0.25, -0.2) is 9.88 Å². The molecule has 1 unspecified atom stereocenters. The third-order valence-corrected chi connectivity index (χ3v) is 5.16. The van der Waals surface area contributed by atoms with Crippen molar-refractivity contribution in [3.8, 4) is 11.5 Å². The summed E-state index contributed by atoms with van der Waals surface area (Å²) in [5.74, 6) is -0.480. The highest BCUT2D eigenvalue weighted by atomic mass is 16.3. The number of amides is 3. The van der Waals surface area contributed by atoms with Gasteiger partial charge in [0.2, 0.25) is 17.7 Å². The summed E-state index contributed by atoms with van der Waals surface area (Å²) in [4.78, 5) is 45.0. The SMILES string of the molecule is CC(=O)N(C1CC(=O)N(c2ccc(-c3nc4ccccc4o3)cc2)C1=O)C(C)(C)C. The first-order valence-electron chi connectivity index (χ1n) is 9.79. The minimum Gasteiger partial charge on any atom is -0.436 e. The molecule has 30 heavy (non-hydrogen) atoms. The van der Waals surface area contributed by atoms with Crippen LogP contribution in [0, 0.1) is 0 Å². The van der Waals surface area contributed by atoms with E-state index in [1.807, 2.05) is 45.0 Å². The van der Waals surface area contributed by atoms with Gasteiger partial charge in [-0.15, -0.1) is 0 Å². The molecule has 7 nitrogen and oxygen atoms in total. The average molecular weight is 405 g/mol. The molecule has 1 atom stereocenters. The number of hydrogen-bond donors (Lipinski definition) is 0. The number of carbonyl (C=O) groups is 3. The number of carbonyl (C=O) groups excluding carboxylic acids is 3. The van der Waals surface area contributed by atoms with Crippen molar-refractivity contribution in [2.45, 2.75) is 45.7 Å². The second kappa shape index (κ2) is 7.09. The van der Waals surface area contributed by atoms with Crippen molar-refractivity contribution in [1.82, 2.24) is 9.88 Å². The minimum absolute atomic E-state index is 0.0252. The van der Waals surface area contributed by atoms with Crippen molar-refractivity contribution in [2.24, 2.45) is 0 Å². The topological polar surface area (TPSA) is 83.7 Å². The highest BCUT2D eigenvalue weighted by molar-refractivity contribution is 6.23. The number of oxazole rings is 1. The zero-order valence-electron chi connectivity index (χ0n) is 17.4. The molecule has 1 saturated heterocycles. The van der Waals surface area contributed by atoms with Crippen molar-refractivity contribution < 1.29 is 18.8 Å². The summed E-state index contributed by atoms with van der Waals surface area (Å²) >= 11 is 0. The lowest BCUT2D eigenvalue weighted by Crippen LogP contribution is -2.53. The molecular weight excluding hydrogens is 382 g/mol. The van der Waals surface area contributed by atoms with E-state index in [9.17, 15) is 14.4 Å². The Hall–Kier alpha value is -3.48. The van der Waals surface area contributed by atoms with Crippen LogP contribution in [0.2, 0.25) is 0 Å². The van der Waals surface area contributed by atoms with Crippen molar-refractivity contribution in [1.29, 1.82) is 0 Å². The number of para-hydroxylation sites is 2. The van der Waals surface area contributed by atoms with Gasteiger partial charge in [0.25, 0.3) is 5.91 Å². The van der Waals surface area contributed by atoms with Gasteiger partial charge in [-0.2, -0.15) is 0 Å².